The Bertz CT molecular complexity index is 1100. The van der Waals surface area contributed by atoms with Crippen molar-refractivity contribution in [2.75, 3.05) is 10.8 Å². The van der Waals surface area contributed by atoms with Crippen molar-refractivity contribution in [3.8, 4) is 5.75 Å². The minimum absolute atomic E-state index is 0.178. The molecule has 0 N–H and O–H groups in total. The third kappa shape index (κ3) is 5.51. The van der Waals surface area contributed by atoms with Gasteiger partial charge in [-0.15, -0.1) is 0 Å². The lowest BCUT2D eigenvalue weighted by atomic mass is 10.1. The van der Waals surface area contributed by atoms with Crippen LogP contribution in [0.2, 0.25) is 0 Å². The Morgan fingerprint density at radius 1 is 1.03 bits per heavy atom. The molecule has 0 aliphatic carbocycles. The van der Waals surface area contributed by atoms with Crippen molar-refractivity contribution in [1.29, 1.82) is 0 Å². The Balaban J connectivity index is 1.81. The van der Waals surface area contributed by atoms with Crippen molar-refractivity contribution in [2.24, 2.45) is 5.92 Å². The van der Waals surface area contributed by atoms with E-state index in [1.165, 1.54) is 9.87 Å². The van der Waals surface area contributed by atoms with Gasteiger partial charge in [-0.25, -0.2) is 8.42 Å². The molecule has 3 aromatic rings. The van der Waals surface area contributed by atoms with Gasteiger partial charge in [0.2, 0.25) is 0 Å². The van der Waals surface area contributed by atoms with Crippen molar-refractivity contribution in [1.82, 2.24) is 5.16 Å². The quantitative estimate of drug-likeness (QED) is 0.393. The van der Waals surface area contributed by atoms with E-state index in [1.807, 2.05) is 52.0 Å². The van der Waals surface area contributed by atoms with Crippen LogP contribution in [0.1, 0.15) is 49.8 Å². The number of anilines is 1. The molecule has 0 saturated carbocycles. The molecule has 3 rings (SSSR count). The summed E-state index contributed by atoms with van der Waals surface area (Å²) in [6.45, 7) is 10.6. The first-order valence-corrected chi connectivity index (χ1v) is 12.4. The number of aromatic nitrogens is 1. The second-order valence-electron chi connectivity index (χ2n) is 8.41. The van der Waals surface area contributed by atoms with Gasteiger partial charge in [0.25, 0.3) is 10.0 Å². The summed E-state index contributed by atoms with van der Waals surface area (Å²) in [4.78, 5) is 0.237. The molecule has 172 valence electrons. The zero-order chi connectivity index (χ0) is 23.3. The zero-order valence-corrected chi connectivity index (χ0v) is 20.3. The zero-order valence-electron chi connectivity index (χ0n) is 19.5. The fourth-order valence-electron chi connectivity index (χ4n) is 3.49. The fraction of sp³-hybridized carbons (Fsp3) is 0.400. The van der Waals surface area contributed by atoms with Crippen molar-refractivity contribution in [3.05, 3.63) is 71.1 Å². The van der Waals surface area contributed by atoms with Gasteiger partial charge in [-0.3, -0.25) is 4.31 Å². The number of ether oxygens (including phenoxy) is 1. The summed E-state index contributed by atoms with van der Waals surface area (Å²) < 4.78 is 39.4. The lowest BCUT2D eigenvalue weighted by molar-refractivity contribution is 0.301. The maximum absolute atomic E-state index is 13.5. The molecule has 7 heteroatoms. The van der Waals surface area contributed by atoms with Gasteiger partial charge in [0.15, 0.2) is 0 Å². The van der Waals surface area contributed by atoms with Crippen molar-refractivity contribution in [3.63, 3.8) is 0 Å². The first-order chi connectivity index (χ1) is 15.2. The Morgan fingerprint density at radius 2 is 1.69 bits per heavy atom. The molecule has 1 heterocycles. The van der Waals surface area contributed by atoms with Gasteiger partial charge in [-0.1, -0.05) is 44.5 Å². The minimum Gasteiger partial charge on any atom is -0.489 e. The van der Waals surface area contributed by atoms with E-state index >= 15 is 0 Å². The molecule has 0 fully saturated rings. The first kappa shape index (κ1) is 23.9. The van der Waals surface area contributed by atoms with Gasteiger partial charge < -0.3 is 9.26 Å². The summed E-state index contributed by atoms with van der Waals surface area (Å²) in [6, 6.07) is 14.4. The standard InChI is InChI=1S/C25H32N2O4S/c1-6-7-21-8-10-22(11-9-21)27(16-18(2)3)32(28,29)24-14-12-23(13-15-24)30-17-25-19(4)26-31-20(25)5/h8-15,18H,6-7,16-17H2,1-5H3. The van der Waals surface area contributed by atoms with E-state index in [-0.39, 0.29) is 10.8 Å². The average Bonchev–Trinajstić information content (AvgIpc) is 3.09. The highest BCUT2D eigenvalue weighted by Crippen LogP contribution is 2.27. The van der Waals surface area contributed by atoms with E-state index in [9.17, 15) is 8.42 Å². The molecule has 0 radical (unpaired) electrons. The molecule has 0 unspecified atom stereocenters. The fourth-order valence-corrected chi connectivity index (χ4v) is 5.12. The molecule has 32 heavy (non-hydrogen) atoms. The Morgan fingerprint density at radius 3 is 2.22 bits per heavy atom. The van der Waals surface area contributed by atoms with Gasteiger partial charge in [0.05, 0.1) is 21.8 Å². The summed E-state index contributed by atoms with van der Waals surface area (Å²) in [5, 5.41) is 3.92. The normalized spacial score (nSPS) is 11.7. The summed E-state index contributed by atoms with van der Waals surface area (Å²) in [6.07, 6.45) is 2.03. The average molecular weight is 457 g/mol. The molecule has 0 aliphatic heterocycles. The van der Waals surface area contributed by atoms with Crippen LogP contribution in [0.15, 0.2) is 57.9 Å². The van der Waals surface area contributed by atoms with E-state index in [4.69, 9.17) is 9.26 Å². The monoisotopic (exact) mass is 456 g/mol. The van der Waals surface area contributed by atoms with E-state index in [0.717, 1.165) is 29.9 Å². The van der Waals surface area contributed by atoms with Gasteiger partial charge in [-0.05, 0) is 68.1 Å². The molecular weight excluding hydrogens is 424 g/mol. The van der Waals surface area contributed by atoms with Crippen LogP contribution in [0, 0.1) is 19.8 Å². The van der Waals surface area contributed by atoms with Crippen molar-refractivity contribution < 1.29 is 17.7 Å². The molecule has 2 aromatic carbocycles. The predicted octanol–water partition coefficient (Wildman–Crippen LogP) is 5.67. The number of hydrogen-bond donors (Lipinski definition) is 0. The molecule has 0 spiro atoms. The molecule has 0 atom stereocenters. The Kier molecular flexibility index (Phi) is 7.61. The van der Waals surface area contributed by atoms with E-state index < -0.39 is 10.0 Å². The van der Waals surface area contributed by atoms with Crippen LogP contribution in [0.25, 0.3) is 0 Å². The maximum Gasteiger partial charge on any atom is 0.264 e. The van der Waals surface area contributed by atoms with Gasteiger partial charge >= 0.3 is 0 Å². The van der Waals surface area contributed by atoms with Crippen molar-refractivity contribution >= 4 is 15.7 Å². The summed E-state index contributed by atoms with van der Waals surface area (Å²) >= 11 is 0. The van der Waals surface area contributed by atoms with Gasteiger partial charge in [0, 0.05) is 6.54 Å². The topological polar surface area (TPSA) is 72.6 Å². The molecule has 6 nitrogen and oxygen atoms in total. The second-order valence-corrected chi connectivity index (χ2v) is 10.3. The van der Waals surface area contributed by atoms with E-state index in [0.29, 0.717) is 24.6 Å². The largest absolute Gasteiger partial charge is 0.489 e. The first-order valence-electron chi connectivity index (χ1n) is 11.0. The minimum atomic E-state index is -3.71. The molecule has 0 amide bonds. The lowest BCUT2D eigenvalue weighted by Crippen LogP contribution is -2.34. The van der Waals surface area contributed by atoms with Gasteiger partial charge in [0.1, 0.15) is 18.1 Å². The number of hydrogen-bond acceptors (Lipinski definition) is 5. The van der Waals surface area contributed by atoms with Crippen LogP contribution in [0.5, 0.6) is 5.75 Å². The lowest BCUT2D eigenvalue weighted by Gasteiger charge is -2.26. The van der Waals surface area contributed by atoms with Crippen molar-refractivity contribution in [2.45, 2.75) is 59.0 Å². The Labute approximate surface area is 191 Å². The van der Waals surface area contributed by atoms with Crippen LogP contribution in [-0.4, -0.2) is 20.1 Å². The highest BCUT2D eigenvalue weighted by atomic mass is 32.2. The van der Waals surface area contributed by atoms with Crippen LogP contribution in [-0.2, 0) is 23.1 Å². The summed E-state index contributed by atoms with van der Waals surface area (Å²) in [5.41, 5.74) is 3.57. The molecule has 0 bridgehead atoms. The number of rotatable bonds is 10. The van der Waals surface area contributed by atoms with E-state index in [1.54, 1.807) is 24.3 Å². The molecule has 1 aromatic heterocycles. The highest BCUT2D eigenvalue weighted by Gasteiger charge is 2.26. The van der Waals surface area contributed by atoms with Crippen LogP contribution >= 0.6 is 0 Å². The molecular formula is C25H32N2O4S. The number of aryl methyl sites for hydroxylation is 3. The van der Waals surface area contributed by atoms with Crippen LogP contribution in [0.4, 0.5) is 5.69 Å². The Hall–Kier alpha value is -2.80. The number of benzene rings is 2. The predicted molar refractivity (Wildman–Crippen MR) is 127 cm³/mol. The summed E-state index contributed by atoms with van der Waals surface area (Å²) in [5.74, 6) is 1.48. The molecule has 0 saturated heterocycles. The van der Waals surface area contributed by atoms with Crippen LogP contribution in [0.3, 0.4) is 0 Å². The third-order valence-electron chi connectivity index (χ3n) is 5.27. The molecule has 0 aliphatic rings. The van der Waals surface area contributed by atoms with Crippen LogP contribution < -0.4 is 9.04 Å². The van der Waals surface area contributed by atoms with Gasteiger partial charge in [-0.2, -0.15) is 0 Å². The third-order valence-corrected chi connectivity index (χ3v) is 7.08. The highest BCUT2D eigenvalue weighted by molar-refractivity contribution is 7.92. The number of nitrogens with zero attached hydrogens (tertiary/aromatic N) is 2. The SMILES string of the molecule is CCCc1ccc(N(CC(C)C)S(=O)(=O)c2ccc(OCc3c(C)noc3C)cc2)cc1. The smallest absolute Gasteiger partial charge is 0.264 e. The number of sulfonamides is 1. The summed E-state index contributed by atoms with van der Waals surface area (Å²) in [7, 11) is -3.71. The van der Waals surface area contributed by atoms with E-state index in [2.05, 4.69) is 12.1 Å². The second kappa shape index (κ2) is 10.2. The maximum atomic E-state index is 13.5.